The Labute approximate surface area is 142 Å². The van der Waals surface area contributed by atoms with E-state index < -0.39 is 0 Å². The molecular formula is C18H14N6O. The van der Waals surface area contributed by atoms with Crippen molar-refractivity contribution in [2.24, 2.45) is 0 Å². The van der Waals surface area contributed by atoms with Crippen molar-refractivity contribution >= 4 is 11.5 Å². The molecule has 0 unspecified atom stereocenters. The standard InChI is InChI=1S/C18H14N6O/c1-4-15-19-6-8-22(15)11-12(1)17-16(20-18-23(17)9-10-25-18)14-5-7-24(21-14)13-2-3-13/h1,4-11,13H,2-3H2. The van der Waals surface area contributed by atoms with Gasteiger partial charge in [-0.1, -0.05) is 0 Å². The zero-order valence-corrected chi connectivity index (χ0v) is 13.3. The van der Waals surface area contributed by atoms with Crippen LogP contribution in [-0.4, -0.2) is 28.5 Å². The van der Waals surface area contributed by atoms with E-state index >= 15 is 0 Å². The van der Waals surface area contributed by atoms with Gasteiger partial charge in [0.15, 0.2) is 0 Å². The molecule has 25 heavy (non-hydrogen) atoms. The van der Waals surface area contributed by atoms with Crippen LogP contribution in [-0.2, 0) is 0 Å². The lowest BCUT2D eigenvalue weighted by Gasteiger charge is -2.04. The maximum absolute atomic E-state index is 5.52. The number of hydrogen-bond acceptors (Lipinski definition) is 4. The van der Waals surface area contributed by atoms with E-state index in [4.69, 9.17) is 9.52 Å². The summed E-state index contributed by atoms with van der Waals surface area (Å²) in [7, 11) is 0. The van der Waals surface area contributed by atoms with Gasteiger partial charge in [0, 0.05) is 36.5 Å². The van der Waals surface area contributed by atoms with E-state index in [2.05, 4.69) is 22.2 Å². The molecule has 0 spiro atoms. The lowest BCUT2D eigenvalue weighted by Crippen LogP contribution is -1.95. The minimum Gasteiger partial charge on any atom is -0.432 e. The number of pyridine rings is 1. The van der Waals surface area contributed by atoms with Gasteiger partial charge in [-0.3, -0.25) is 9.08 Å². The summed E-state index contributed by atoms with van der Waals surface area (Å²) in [4.78, 5) is 8.99. The Morgan fingerprint density at radius 2 is 2.04 bits per heavy atom. The van der Waals surface area contributed by atoms with Gasteiger partial charge < -0.3 is 8.82 Å². The second-order valence-corrected chi connectivity index (χ2v) is 6.39. The topological polar surface area (TPSA) is 65.6 Å². The monoisotopic (exact) mass is 330 g/mol. The minimum atomic E-state index is 0.546. The van der Waals surface area contributed by atoms with Crippen LogP contribution in [0.2, 0.25) is 0 Å². The van der Waals surface area contributed by atoms with Crippen LogP contribution in [0.25, 0.3) is 34.1 Å². The Balaban J connectivity index is 1.59. The van der Waals surface area contributed by atoms with Crippen molar-refractivity contribution in [2.45, 2.75) is 18.9 Å². The van der Waals surface area contributed by atoms with Crippen LogP contribution >= 0.6 is 0 Å². The Kier molecular flexibility index (Phi) is 2.39. The summed E-state index contributed by atoms with van der Waals surface area (Å²) in [6.07, 6.45) is 13.8. The highest BCUT2D eigenvalue weighted by molar-refractivity contribution is 5.79. The molecule has 6 rings (SSSR count). The van der Waals surface area contributed by atoms with Crippen LogP contribution in [0, 0.1) is 0 Å². The van der Waals surface area contributed by atoms with Crippen molar-refractivity contribution in [1.82, 2.24) is 28.5 Å². The normalized spacial score (nSPS) is 14.7. The molecule has 7 nitrogen and oxygen atoms in total. The number of oxazole rings is 1. The highest BCUT2D eigenvalue weighted by Crippen LogP contribution is 2.36. The summed E-state index contributed by atoms with van der Waals surface area (Å²) in [6, 6.07) is 6.63. The smallest absolute Gasteiger partial charge is 0.306 e. The third kappa shape index (κ3) is 1.89. The molecule has 1 fully saturated rings. The molecule has 0 atom stereocenters. The van der Waals surface area contributed by atoms with Crippen LogP contribution in [0.1, 0.15) is 18.9 Å². The number of fused-ring (bicyclic) bond motifs is 2. The van der Waals surface area contributed by atoms with Gasteiger partial charge >= 0.3 is 5.84 Å². The van der Waals surface area contributed by atoms with Crippen molar-refractivity contribution in [3.63, 3.8) is 0 Å². The SMILES string of the molecule is c1cn2cc(-c3c(-c4ccn(C5CC5)n4)nc4occn34)ccc2n1. The molecule has 0 saturated heterocycles. The predicted molar refractivity (Wildman–Crippen MR) is 91.1 cm³/mol. The summed E-state index contributed by atoms with van der Waals surface area (Å²) in [5.74, 6) is 0.566. The molecule has 0 bridgehead atoms. The van der Waals surface area contributed by atoms with Gasteiger partial charge in [-0.15, -0.1) is 0 Å². The van der Waals surface area contributed by atoms with E-state index in [9.17, 15) is 0 Å². The van der Waals surface area contributed by atoms with Crippen molar-refractivity contribution in [1.29, 1.82) is 0 Å². The molecule has 5 aromatic rings. The van der Waals surface area contributed by atoms with Crippen molar-refractivity contribution in [3.8, 4) is 22.6 Å². The van der Waals surface area contributed by atoms with Gasteiger partial charge in [0.2, 0.25) is 0 Å². The molecule has 0 amide bonds. The van der Waals surface area contributed by atoms with Crippen molar-refractivity contribution < 1.29 is 4.42 Å². The summed E-state index contributed by atoms with van der Waals surface area (Å²) >= 11 is 0. The van der Waals surface area contributed by atoms with Crippen LogP contribution in [0.5, 0.6) is 0 Å². The second kappa shape index (κ2) is 4.60. The molecule has 0 aliphatic heterocycles. The van der Waals surface area contributed by atoms with Gasteiger partial charge in [0.05, 0.1) is 11.7 Å². The van der Waals surface area contributed by atoms with Gasteiger partial charge in [0.25, 0.3) is 0 Å². The summed E-state index contributed by atoms with van der Waals surface area (Å²) in [5, 5.41) is 4.74. The first-order chi connectivity index (χ1) is 12.4. The fraction of sp³-hybridized carbons (Fsp3) is 0.167. The Morgan fingerprint density at radius 1 is 1.08 bits per heavy atom. The maximum atomic E-state index is 5.52. The average Bonchev–Trinajstić information content (AvgIpc) is 3.04. The summed E-state index contributed by atoms with van der Waals surface area (Å²) in [5.41, 5.74) is 4.62. The zero-order chi connectivity index (χ0) is 16.4. The molecule has 0 radical (unpaired) electrons. The van der Waals surface area contributed by atoms with Gasteiger partial charge in [-0.2, -0.15) is 10.1 Å². The first-order valence-corrected chi connectivity index (χ1v) is 8.31. The van der Waals surface area contributed by atoms with Gasteiger partial charge in [0.1, 0.15) is 23.3 Å². The Hall–Kier alpha value is -3.35. The van der Waals surface area contributed by atoms with E-state index in [-0.39, 0.29) is 0 Å². The molecule has 1 aliphatic rings. The lowest BCUT2D eigenvalue weighted by atomic mass is 10.1. The van der Waals surface area contributed by atoms with Crippen LogP contribution in [0.3, 0.4) is 0 Å². The van der Waals surface area contributed by atoms with Crippen molar-refractivity contribution in [3.05, 3.63) is 55.4 Å². The first-order valence-electron chi connectivity index (χ1n) is 8.31. The van der Waals surface area contributed by atoms with E-state index in [1.807, 2.05) is 44.2 Å². The number of rotatable bonds is 3. The van der Waals surface area contributed by atoms with Gasteiger partial charge in [-0.25, -0.2) is 4.98 Å². The van der Waals surface area contributed by atoms with E-state index in [1.54, 1.807) is 12.5 Å². The fourth-order valence-corrected chi connectivity index (χ4v) is 3.31. The summed E-state index contributed by atoms with van der Waals surface area (Å²) < 4.78 is 11.5. The van der Waals surface area contributed by atoms with Gasteiger partial charge in [-0.05, 0) is 31.0 Å². The van der Waals surface area contributed by atoms with E-state index in [1.165, 1.54) is 12.8 Å². The van der Waals surface area contributed by atoms with E-state index in [0.29, 0.717) is 11.9 Å². The summed E-state index contributed by atoms with van der Waals surface area (Å²) in [6.45, 7) is 0. The number of imidazole rings is 2. The lowest BCUT2D eigenvalue weighted by molar-refractivity contribution is 0.596. The number of hydrogen-bond donors (Lipinski definition) is 0. The predicted octanol–water partition coefficient (Wildman–Crippen LogP) is 3.44. The average molecular weight is 330 g/mol. The van der Waals surface area contributed by atoms with Crippen molar-refractivity contribution in [2.75, 3.05) is 0 Å². The Morgan fingerprint density at radius 3 is 2.96 bits per heavy atom. The molecule has 122 valence electrons. The minimum absolute atomic E-state index is 0.546. The van der Waals surface area contributed by atoms with Crippen LogP contribution < -0.4 is 0 Å². The largest absolute Gasteiger partial charge is 0.432 e. The quantitative estimate of drug-likeness (QED) is 0.508. The first kappa shape index (κ1) is 13.0. The molecule has 5 heterocycles. The molecule has 7 heteroatoms. The molecule has 1 saturated carbocycles. The highest BCUT2D eigenvalue weighted by Gasteiger charge is 2.26. The third-order valence-electron chi connectivity index (χ3n) is 4.70. The Bertz CT molecular complexity index is 1220. The van der Waals surface area contributed by atoms with Crippen LogP contribution in [0.4, 0.5) is 0 Å². The molecular weight excluding hydrogens is 316 g/mol. The number of aromatic nitrogens is 6. The number of nitrogens with zero attached hydrogens (tertiary/aromatic N) is 6. The molecule has 0 N–H and O–H groups in total. The van der Waals surface area contributed by atoms with E-state index in [0.717, 1.165) is 28.3 Å². The highest BCUT2D eigenvalue weighted by atomic mass is 16.3. The second-order valence-electron chi connectivity index (χ2n) is 6.39. The molecule has 0 aromatic carbocycles. The fourth-order valence-electron chi connectivity index (χ4n) is 3.31. The molecule has 5 aromatic heterocycles. The van der Waals surface area contributed by atoms with Crippen LogP contribution in [0.15, 0.2) is 59.9 Å². The molecule has 1 aliphatic carbocycles. The maximum Gasteiger partial charge on any atom is 0.306 e. The third-order valence-corrected chi connectivity index (χ3v) is 4.70. The zero-order valence-electron chi connectivity index (χ0n) is 13.3.